The van der Waals surface area contributed by atoms with Gasteiger partial charge < -0.3 is 10.6 Å². The Hall–Kier alpha value is -1.96. The fraction of sp³-hybridized carbons (Fsp3) is 0.538. The first kappa shape index (κ1) is 20.8. The largest absolute Gasteiger partial charge is 0.382 e. The first-order valence-electron chi connectivity index (χ1n) is 11.5. The summed E-state index contributed by atoms with van der Waals surface area (Å²) in [6, 6.07) is 19.4. The van der Waals surface area contributed by atoms with Gasteiger partial charge in [-0.2, -0.15) is 0 Å². The molecule has 2 N–H and O–H groups in total. The highest BCUT2D eigenvalue weighted by molar-refractivity contribution is 5.47. The normalized spacial score (nSPS) is 19.4. The third-order valence-corrected chi connectivity index (χ3v) is 6.01. The average Bonchev–Trinajstić information content (AvgIpc) is 2.74. The second-order valence-electron chi connectivity index (χ2n) is 8.44. The number of aryl methyl sites for hydroxylation is 2. The van der Waals surface area contributed by atoms with Crippen LogP contribution >= 0.6 is 0 Å². The zero-order chi connectivity index (χ0) is 19.6. The van der Waals surface area contributed by atoms with E-state index >= 15 is 0 Å². The number of nitrogens with one attached hydrogen (secondary N) is 2. The average molecular weight is 379 g/mol. The molecule has 0 unspecified atom stereocenters. The van der Waals surface area contributed by atoms with Crippen molar-refractivity contribution in [2.75, 3.05) is 10.6 Å². The Morgan fingerprint density at radius 3 is 1.29 bits per heavy atom. The lowest BCUT2D eigenvalue weighted by atomic mass is 9.90. The highest BCUT2D eigenvalue weighted by atomic mass is 15.0. The summed E-state index contributed by atoms with van der Waals surface area (Å²) in [5, 5.41) is 7.50. The third kappa shape index (κ3) is 6.58. The number of hydrogen-bond acceptors (Lipinski definition) is 2. The van der Waals surface area contributed by atoms with E-state index in [4.69, 9.17) is 0 Å². The minimum Gasteiger partial charge on any atom is -0.382 e. The van der Waals surface area contributed by atoms with Crippen molar-refractivity contribution in [3.05, 3.63) is 59.7 Å². The van der Waals surface area contributed by atoms with Gasteiger partial charge in [-0.25, -0.2) is 0 Å². The van der Waals surface area contributed by atoms with Gasteiger partial charge in [0.05, 0.1) is 0 Å². The molecule has 2 heteroatoms. The molecule has 2 nitrogen and oxygen atoms in total. The molecule has 0 radical (unpaired) electrons. The van der Waals surface area contributed by atoms with E-state index < -0.39 is 0 Å². The van der Waals surface area contributed by atoms with Crippen molar-refractivity contribution >= 4 is 11.4 Å². The number of benzene rings is 2. The number of anilines is 2. The fourth-order valence-corrected chi connectivity index (χ4v) is 4.15. The second-order valence-corrected chi connectivity index (χ2v) is 8.44. The Morgan fingerprint density at radius 1 is 0.607 bits per heavy atom. The highest BCUT2D eigenvalue weighted by Crippen LogP contribution is 2.25. The van der Waals surface area contributed by atoms with Crippen LogP contribution in [0.5, 0.6) is 0 Å². The van der Waals surface area contributed by atoms with Gasteiger partial charge in [-0.1, -0.05) is 51.0 Å². The lowest BCUT2D eigenvalue weighted by Gasteiger charge is -2.31. The van der Waals surface area contributed by atoms with Gasteiger partial charge in [-0.15, -0.1) is 0 Å². The molecule has 0 aliphatic heterocycles. The summed E-state index contributed by atoms with van der Waals surface area (Å²) in [4.78, 5) is 0. The molecule has 1 saturated carbocycles. The second kappa shape index (κ2) is 11.1. The van der Waals surface area contributed by atoms with Crippen LogP contribution in [-0.2, 0) is 12.8 Å². The number of unbranched alkanes of at least 4 members (excludes halogenated alkanes) is 2. The Bertz CT molecular complexity index is 605. The lowest BCUT2D eigenvalue weighted by Crippen LogP contribution is -2.32. The van der Waals surface area contributed by atoms with Crippen molar-refractivity contribution in [3.8, 4) is 0 Å². The molecule has 0 heterocycles. The van der Waals surface area contributed by atoms with E-state index in [1.807, 2.05) is 0 Å². The van der Waals surface area contributed by atoms with Crippen molar-refractivity contribution in [1.29, 1.82) is 0 Å². The van der Waals surface area contributed by atoms with Crippen molar-refractivity contribution < 1.29 is 0 Å². The minimum atomic E-state index is 0.607. The van der Waals surface area contributed by atoms with E-state index in [0.29, 0.717) is 12.1 Å². The predicted octanol–water partition coefficient (Wildman–Crippen LogP) is 7.21. The zero-order valence-corrected chi connectivity index (χ0v) is 17.8. The summed E-state index contributed by atoms with van der Waals surface area (Å²) in [6.07, 6.45) is 12.5. The maximum absolute atomic E-state index is 3.75. The van der Waals surface area contributed by atoms with Crippen molar-refractivity contribution in [3.63, 3.8) is 0 Å². The summed E-state index contributed by atoms with van der Waals surface area (Å²) in [5.74, 6) is 0. The van der Waals surface area contributed by atoms with Crippen molar-refractivity contribution in [2.24, 2.45) is 0 Å². The van der Waals surface area contributed by atoms with Gasteiger partial charge in [0.15, 0.2) is 0 Å². The summed E-state index contributed by atoms with van der Waals surface area (Å²) in [5.41, 5.74) is 5.47. The van der Waals surface area contributed by atoms with E-state index in [-0.39, 0.29) is 0 Å². The van der Waals surface area contributed by atoms with Gasteiger partial charge in [-0.3, -0.25) is 0 Å². The molecule has 0 saturated heterocycles. The molecule has 152 valence electrons. The van der Waals surface area contributed by atoms with Gasteiger partial charge in [0.1, 0.15) is 0 Å². The molecule has 0 bridgehead atoms. The monoisotopic (exact) mass is 378 g/mol. The van der Waals surface area contributed by atoms with Crippen LogP contribution < -0.4 is 10.6 Å². The topological polar surface area (TPSA) is 24.1 Å². The smallest absolute Gasteiger partial charge is 0.0342 e. The van der Waals surface area contributed by atoms with Crippen LogP contribution in [0.3, 0.4) is 0 Å². The molecule has 3 rings (SSSR count). The molecule has 1 fully saturated rings. The molecule has 2 aromatic rings. The number of hydrogen-bond donors (Lipinski definition) is 2. The van der Waals surface area contributed by atoms with Crippen molar-refractivity contribution in [1.82, 2.24) is 0 Å². The fourth-order valence-electron chi connectivity index (χ4n) is 4.15. The van der Waals surface area contributed by atoms with E-state index in [0.717, 1.165) is 0 Å². The molecule has 0 atom stereocenters. The van der Waals surface area contributed by atoms with Crippen molar-refractivity contribution in [2.45, 2.75) is 90.1 Å². The Morgan fingerprint density at radius 2 is 0.964 bits per heavy atom. The third-order valence-electron chi connectivity index (χ3n) is 6.01. The van der Waals surface area contributed by atoms with Crippen LogP contribution in [0.15, 0.2) is 48.5 Å². The van der Waals surface area contributed by atoms with Crippen LogP contribution in [-0.4, -0.2) is 12.1 Å². The van der Waals surface area contributed by atoms with Crippen LogP contribution in [0.2, 0.25) is 0 Å². The minimum absolute atomic E-state index is 0.607. The Kier molecular flexibility index (Phi) is 8.26. The standard InChI is InChI=1S/C26H38N2/c1-3-5-7-21-9-13-23(14-10-21)27-25-17-19-26(20-18-25)28-24-15-11-22(12-16-24)8-6-4-2/h9-16,25-28H,3-8,17-20H2,1-2H3. The molecule has 1 aliphatic carbocycles. The van der Waals surface area contributed by atoms with Crippen LogP contribution in [0.25, 0.3) is 0 Å². The summed E-state index contributed by atoms with van der Waals surface area (Å²) < 4.78 is 0. The van der Waals surface area contributed by atoms with E-state index in [9.17, 15) is 0 Å². The van der Waals surface area contributed by atoms with Crippen LogP contribution in [0.4, 0.5) is 11.4 Å². The molecule has 28 heavy (non-hydrogen) atoms. The van der Waals surface area contributed by atoms with E-state index in [2.05, 4.69) is 73.0 Å². The van der Waals surface area contributed by atoms with Gasteiger partial charge >= 0.3 is 0 Å². The lowest BCUT2D eigenvalue weighted by molar-refractivity contribution is 0.429. The molecule has 0 amide bonds. The molecule has 0 spiro atoms. The molecule has 2 aromatic carbocycles. The van der Waals surface area contributed by atoms with Crippen LogP contribution in [0.1, 0.15) is 76.3 Å². The maximum atomic E-state index is 3.75. The predicted molar refractivity (Wildman–Crippen MR) is 123 cm³/mol. The van der Waals surface area contributed by atoms with E-state index in [1.165, 1.54) is 86.7 Å². The maximum Gasteiger partial charge on any atom is 0.0342 e. The molecule has 0 aromatic heterocycles. The highest BCUT2D eigenvalue weighted by Gasteiger charge is 2.20. The Labute approximate surface area is 172 Å². The zero-order valence-electron chi connectivity index (χ0n) is 17.8. The summed E-state index contributed by atoms with van der Waals surface area (Å²) in [7, 11) is 0. The SMILES string of the molecule is CCCCc1ccc(NC2CCC(Nc3ccc(CCCC)cc3)CC2)cc1. The molecule has 1 aliphatic rings. The van der Waals surface area contributed by atoms with Gasteiger partial charge in [0, 0.05) is 23.5 Å². The first-order chi connectivity index (χ1) is 13.8. The van der Waals surface area contributed by atoms with E-state index in [1.54, 1.807) is 0 Å². The van der Waals surface area contributed by atoms with Gasteiger partial charge in [0.25, 0.3) is 0 Å². The van der Waals surface area contributed by atoms with Crippen LogP contribution in [0, 0.1) is 0 Å². The van der Waals surface area contributed by atoms with Gasteiger partial charge in [-0.05, 0) is 86.8 Å². The summed E-state index contributed by atoms with van der Waals surface area (Å²) in [6.45, 7) is 4.51. The number of rotatable bonds is 10. The molecular weight excluding hydrogens is 340 g/mol. The van der Waals surface area contributed by atoms with Gasteiger partial charge in [0.2, 0.25) is 0 Å². The first-order valence-corrected chi connectivity index (χ1v) is 11.5. The quantitative estimate of drug-likeness (QED) is 0.456. The molecular formula is C26H38N2. The summed E-state index contributed by atoms with van der Waals surface area (Å²) >= 11 is 0. The Balaban J connectivity index is 1.40.